The van der Waals surface area contributed by atoms with E-state index < -0.39 is 5.97 Å². The monoisotopic (exact) mass is 514 g/mol. The van der Waals surface area contributed by atoms with Crippen LogP contribution in [-0.4, -0.2) is 56.4 Å². The van der Waals surface area contributed by atoms with Gasteiger partial charge >= 0.3 is 12.1 Å². The Morgan fingerprint density at radius 2 is 1.58 bits per heavy atom. The van der Waals surface area contributed by atoms with E-state index in [4.69, 9.17) is 9.84 Å². The van der Waals surface area contributed by atoms with Crippen LogP contribution >= 0.6 is 0 Å². The quantitative estimate of drug-likeness (QED) is 0.237. The van der Waals surface area contributed by atoms with Crippen LogP contribution in [-0.2, 0) is 16.1 Å². The van der Waals surface area contributed by atoms with E-state index in [-0.39, 0.29) is 18.6 Å². The van der Waals surface area contributed by atoms with Crippen LogP contribution in [0.1, 0.15) is 42.7 Å². The maximum atomic E-state index is 12.3. The van der Waals surface area contributed by atoms with E-state index in [1.807, 2.05) is 24.3 Å². The Morgan fingerprint density at radius 3 is 2.29 bits per heavy atom. The van der Waals surface area contributed by atoms with Crippen molar-refractivity contribution in [2.45, 2.75) is 38.1 Å². The first-order chi connectivity index (χ1) is 18.6. The van der Waals surface area contributed by atoms with E-state index in [1.54, 1.807) is 0 Å². The molecule has 3 N–H and O–H groups in total. The normalized spacial score (nSPS) is 12.2. The molecule has 0 atom stereocenters. The molecule has 10 nitrogen and oxygen atoms in total. The summed E-state index contributed by atoms with van der Waals surface area (Å²) in [6.07, 6.45) is 6.22. The second kappa shape index (κ2) is 11.7. The summed E-state index contributed by atoms with van der Waals surface area (Å²) in [5, 5.41) is 15.1. The van der Waals surface area contributed by atoms with Crippen LogP contribution < -0.4 is 10.6 Å². The average Bonchev–Trinajstić information content (AvgIpc) is 3.48. The summed E-state index contributed by atoms with van der Waals surface area (Å²) < 4.78 is 7.06. The molecule has 1 aliphatic carbocycles. The molecule has 2 heterocycles. The number of aliphatic carboxylic acids is 1. The van der Waals surface area contributed by atoms with Crippen LogP contribution in [0.3, 0.4) is 0 Å². The topological polar surface area (TPSA) is 131 Å². The number of rotatable bonds is 12. The second-order valence-electron chi connectivity index (χ2n) is 9.25. The number of hydrogen-bond donors (Lipinski definition) is 3. The van der Waals surface area contributed by atoms with Gasteiger partial charge < -0.3 is 25.0 Å². The van der Waals surface area contributed by atoms with Gasteiger partial charge in [-0.1, -0.05) is 61.4 Å². The molecule has 38 heavy (non-hydrogen) atoms. The smallest absolute Gasteiger partial charge is 0.407 e. The predicted octanol–water partition coefficient (Wildman–Crippen LogP) is 4.42. The molecule has 0 spiro atoms. The summed E-state index contributed by atoms with van der Waals surface area (Å²) in [6.45, 7) is 1.39. The van der Waals surface area contributed by atoms with Gasteiger partial charge in [-0.3, -0.25) is 4.79 Å². The lowest BCUT2D eigenvalue weighted by Gasteiger charge is -2.14. The van der Waals surface area contributed by atoms with Gasteiger partial charge in [-0.2, -0.15) is 0 Å². The van der Waals surface area contributed by atoms with Crippen LogP contribution in [0.25, 0.3) is 22.3 Å². The lowest BCUT2D eigenvalue weighted by Crippen LogP contribution is -2.27. The molecule has 196 valence electrons. The Balaban J connectivity index is 0.985. The number of benzene rings is 2. The maximum absolute atomic E-state index is 12.3. The number of carboxylic acid groups (broad SMARTS) is 1. The molecule has 10 heteroatoms. The van der Waals surface area contributed by atoms with E-state index in [9.17, 15) is 9.59 Å². The lowest BCUT2D eigenvalue weighted by atomic mass is 9.98. The highest BCUT2D eigenvalue weighted by Crippen LogP contribution is 2.44. The van der Waals surface area contributed by atoms with Crippen LogP contribution in [0, 0.1) is 0 Å². The number of nitrogens with one attached hydrogen (secondary N) is 2. The lowest BCUT2D eigenvalue weighted by molar-refractivity contribution is -0.137. The summed E-state index contributed by atoms with van der Waals surface area (Å²) in [5.74, 6) is -0.302. The number of anilines is 1. The minimum absolute atomic E-state index is 0.0581. The summed E-state index contributed by atoms with van der Waals surface area (Å²) in [7, 11) is 0. The van der Waals surface area contributed by atoms with Crippen LogP contribution in [0.15, 0.2) is 61.2 Å². The third-order valence-corrected chi connectivity index (χ3v) is 6.72. The van der Waals surface area contributed by atoms with Gasteiger partial charge in [0.2, 0.25) is 0 Å². The SMILES string of the molecule is O=C(O)Cn1cnc2c(NCCCCCCNC(=O)OCC3c4ccccc4-c4ccccc43)ncnc21. The first-order valence-corrected chi connectivity index (χ1v) is 12.8. The third-order valence-electron chi connectivity index (χ3n) is 6.72. The minimum atomic E-state index is -0.953. The van der Waals surface area contributed by atoms with E-state index in [2.05, 4.69) is 49.9 Å². The second-order valence-corrected chi connectivity index (χ2v) is 9.25. The first-order valence-electron chi connectivity index (χ1n) is 12.8. The molecule has 0 saturated heterocycles. The van der Waals surface area contributed by atoms with Crippen molar-refractivity contribution in [1.82, 2.24) is 24.8 Å². The van der Waals surface area contributed by atoms with Gasteiger partial charge in [0.15, 0.2) is 11.5 Å². The molecule has 2 aromatic heterocycles. The first kappa shape index (κ1) is 25.2. The zero-order chi connectivity index (χ0) is 26.3. The zero-order valence-electron chi connectivity index (χ0n) is 21.0. The molecule has 2 aromatic carbocycles. The van der Waals surface area contributed by atoms with Crippen LogP contribution in [0.2, 0.25) is 0 Å². The molecule has 0 radical (unpaired) electrons. The summed E-state index contributed by atoms with van der Waals surface area (Å²) in [5.41, 5.74) is 5.87. The Morgan fingerprint density at radius 1 is 0.895 bits per heavy atom. The molecule has 1 aliphatic rings. The Hall–Kier alpha value is -4.47. The standard InChI is InChI=1S/C28H30N6O4/c35-24(36)15-34-18-33-25-26(31-17-32-27(25)34)29-13-7-1-2-8-14-30-28(37)38-16-23-21-11-5-3-9-19(21)20-10-4-6-12-22(20)23/h3-6,9-12,17-18,23H,1-2,7-8,13-16H2,(H,30,37)(H,35,36)(H,29,31,32). The fraction of sp³-hybridized carbons (Fsp3) is 0.321. The number of fused-ring (bicyclic) bond motifs is 4. The van der Waals surface area contributed by atoms with Gasteiger partial charge in [0.25, 0.3) is 0 Å². The zero-order valence-corrected chi connectivity index (χ0v) is 21.0. The molecular weight excluding hydrogens is 484 g/mol. The number of nitrogens with zero attached hydrogens (tertiary/aromatic N) is 4. The van der Waals surface area contributed by atoms with Gasteiger partial charge in [0.05, 0.1) is 6.33 Å². The number of unbranched alkanes of at least 4 members (excludes halogenated alkanes) is 3. The highest BCUT2D eigenvalue weighted by atomic mass is 16.5. The molecule has 5 rings (SSSR count). The third kappa shape index (κ3) is 5.59. The Labute approximate surface area is 220 Å². The van der Waals surface area contributed by atoms with Crippen molar-refractivity contribution in [2.75, 3.05) is 25.0 Å². The fourth-order valence-corrected chi connectivity index (χ4v) is 4.92. The van der Waals surface area contributed by atoms with Gasteiger partial charge in [-0.25, -0.2) is 19.7 Å². The van der Waals surface area contributed by atoms with Crippen molar-refractivity contribution in [2.24, 2.45) is 0 Å². The van der Waals surface area contributed by atoms with Gasteiger partial charge in [-0.15, -0.1) is 0 Å². The fourth-order valence-electron chi connectivity index (χ4n) is 4.92. The number of carbonyl (C=O) groups excluding carboxylic acids is 1. The Bertz CT molecular complexity index is 1390. The molecule has 1 amide bonds. The molecule has 0 unspecified atom stereocenters. The van der Waals surface area contributed by atoms with Gasteiger partial charge in [-0.05, 0) is 35.1 Å². The number of carbonyl (C=O) groups is 2. The number of alkyl carbamates (subject to hydrolysis) is 1. The van der Waals surface area contributed by atoms with Crippen LogP contribution in [0.4, 0.5) is 10.6 Å². The molecule has 0 fully saturated rings. The molecular formula is C28H30N6O4. The maximum Gasteiger partial charge on any atom is 0.407 e. The molecule has 0 aliphatic heterocycles. The predicted molar refractivity (Wildman–Crippen MR) is 143 cm³/mol. The van der Waals surface area contributed by atoms with Crippen molar-refractivity contribution in [3.8, 4) is 11.1 Å². The van der Waals surface area contributed by atoms with Crippen LogP contribution in [0.5, 0.6) is 0 Å². The average molecular weight is 515 g/mol. The summed E-state index contributed by atoms with van der Waals surface area (Å²) >= 11 is 0. The minimum Gasteiger partial charge on any atom is -0.480 e. The number of aromatic nitrogens is 4. The van der Waals surface area contributed by atoms with Crippen molar-refractivity contribution < 1.29 is 19.4 Å². The number of amides is 1. The van der Waals surface area contributed by atoms with Crippen molar-refractivity contribution >= 4 is 29.0 Å². The largest absolute Gasteiger partial charge is 0.480 e. The van der Waals surface area contributed by atoms with E-state index in [1.165, 1.54) is 39.5 Å². The summed E-state index contributed by atoms with van der Waals surface area (Å²) in [4.78, 5) is 35.9. The van der Waals surface area contributed by atoms with Crippen molar-refractivity contribution in [3.05, 3.63) is 72.3 Å². The Kier molecular flexibility index (Phi) is 7.77. The highest BCUT2D eigenvalue weighted by Gasteiger charge is 2.28. The number of hydrogen-bond acceptors (Lipinski definition) is 7. The molecule has 0 bridgehead atoms. The van der Waals surface area contributed by atoms with E-state index >= 15 is 0 Å². The number of carboxylic acids is 1. The highest BCUT2D eigenvalue weighted by molar-refractivity contribution is 5.83. The number of imidazole rings is 1. The molecule has 4 aromatic rings. The number of ether oxygens (including phenoxy) is 1. The van der Waals surface area contributed by atoms with Crippen molar-refractivity contribution in [3.63, 3.8) is 0 Å². The van der Waals surface area contributed by atoms with Crippen molar-refractivity contribution in [1.29, 1.82) is 0 Å². The van der Waals surface area contributed by atoms with Gasteiger partial charge in [0, 0.05) is 19.0 Å². The molecule has 0 saturated carbocycles. The summed E-state index contributed by atoms with van der Waals surface area (Å²) in [6, 6.07) is 16.6. The van der Waals surface area contributed by atoms with E-state index in [0.29, 0.717) is 36.7 Å². The van der Waals surface area contributed by atoms with E-state index in [0.717, 1.165) is 25.7 Å². The van der Waals surface area contributed by atoms with Gasteiger partial charge in [0.1, 0.15) is 25.0 Å².